The van der Waals surface area contributed by atoms with Gasteiger partial charge in [-0.05, 0) is 12.5 Å². The minimum atomic E-state index is 0.420. The van der Waals surface area contributed by atoms with Crippen LogP contribution in [0.25, 0.3) is 0 Å². The van der Waals surface area contributed by atoms with Gasteiger partial charge in [0.05, 0.1) is 5.56 Å². The summed E-state index contributed by atoms with van der Waals surface area (Å²) in [6.45, 7) is 2.10. The number of aromatic nitrogens is 1. The highest BCUT2D eigenvalue weighted by atomic mass is 35.5. The molecule has 0 fully saturated rings. The van der Waals surface area contributed by atoms with Crippen molar-refractivity contribution in [2.24, 2.45) is 0 Å². The predicted octanol–water partition coefficient (Wildman–Crippen LogP) is 3.06. The molecular weight excluding hydrogens is 216 g/mol. The lowest BCUT2D eigenvalue weighted by atomic mass is 10.3. The standard InChI is InChI=1S/C10H11ClN2S/c1-8(2-4-11)14-10-7-13-5-3-9(10)6-12/h3,5,7-8H,2,4H2,1H3. The average Bonchev–Trinajstić information content (AvgIpc) is 2.19. The molecule has 1 heterocycles. The van der Waals surface area contributed by atoms with Crippen molar-refractivity contribution in [1.82, 2.24) is 4.98 Å². The van der Waals surface area contributed by atoms with Gasteiger partial charge in [-0.2, -0.15) is 5.26 Å². The molecule has 0 bridgehead atoms. The SMILES string of the molecule is CC(CCCl)Sc1cnccc1C#N. The van der Waals surface area contributed by atoms with Crippen LogP contribution in [-0.4, -0.2) is 16.1 Å². The molecule has 14 heavy (non-hydrogen) atoms. The molecule has 0 radical (unpaired) electrons. The number of nitriles is 1. The number of thioether (sulfide) groups is 1. The molecule has 1 atom stereocenters. The van der Waals surface area contributed by atoms with Crippen molar-refractivity contribution in [3.63, 3.8) is 0 Å². The number of rotatable bonds is 4. The van der Waals surface area contributed by atoms with E-state index in [0.717, 1.165) is 11.3 Å². The second kappa shape index (κ2) is 5.90. The van der Waals surface area contributed by atoms with Crippen molar-refractivity contribution >= 4 is 23.4 Å². The molecular formula is C10H11ClN2S. The van der Waals surface area contributed by atoms with Gasteiger partial charge in [-0.3, -0.25) is 4.98 Å². The van der Waals surface area contributed by atoms with E-state index in [2.05, 4.69) is 18.0 Å². The summed E-state index contributed by atoms with van der Waals surface area (Å²) in [7, 11) is 0. The Hall–Kier alpha value is -0.720. The van der Waals surface area contributed by atoms with Crippen molar-refractivity contribution in [2.45, 2.75) is 23.5 Å². The highest BCUT2D eigenvalue weighted by Crippen LogP contribution is 2.27. The van der Waals surface area contributed by atoms with Crippen LogP contribution in [-0.2, 0) is 0 Å². The van der Waals surface area contributed by atoms with Crippen molar-refractivity contribution in [1.29, 1.82) is 5.26 Å². The summed E-state index contributed by atoms with van der Waals surface area (Å²) in [6, 6.07) is 3.88. The molecule has 0 aliphatic carbocycles. The number of pyridine rings is 1. The molecule has 4 heteroatoms. The first-order chi connectivity index (χ1) is 6.77. The topological polar surface area (TPSA) is 36.7 Å². The minimum Gasteiger partial charge on any atom is -0.263 e. The second-order valence-corrected chi connectivity index (χ2v) is 4.75. The summed E-state index contributed by atoms with van der Waals surface area (Å²) in [4.78, 5) is 4.94. The molecule has 1 aromatic rings. The lowest BCUT2D eigenvalue weighted by molar-refractivity contribution is 0.911. The highest BCUT2D eigenvalue weighted by Gasteiger charge is 2.07. The van der Waals surface area contributed by atoms with Crippen molar-refractivity contribution in [3.8, 4) is 6.07 Å². The number of halogens is 1. The first kappa shape index (κ1) is 11.4. The smallest absolute Gasteiger partial charge is 0.100 e. The van der Waals surface area contributed by atoms with Crippen molar-refractivity contribution in [2.75, 3.05) is 5.88 Å². The zero-order chi connectivity index (χ0) is 10.4. The van der Waals surface area contributed by atoms with E-state index in [4.69, 9.17) is 16.9 Å². The van der Waals surface area contributed by atoms with Gasteiger partial charge in [-0.25, -0.2) is 0 Å². The first-order valence-electron chi connectivity index (χ1n) is 4.34. The van der Waals surface area contributed by atoms with Crippen LogP contribution in [0.3, 0.4) is 0 Å². The van der Waals surface area contributed by atoms with E-state index in [1.54, 1.807) is 30.2 Å². The molecule has 74 valence electrons. The monoisotopic (exact) mass is 226 g/mol. The summed E-state index contributed by atoms with van der Waals surface area (Å²) in [5, 5.41) is 9.26. The fourth-order valence-corrected chi connectivity index (χ4v) is 2.48. The molecule has 0 aliphatic heterocycles. The van der Waals surface area contributed by atoms with Gasteiger partial charge in [0.15, 0.2) is 0 Å². The van der Waals surface area contributed by atoms with Gasteiger partial charge in [0.25, 0.3) is 0 Å². The Bertz CT molecular complexity index is 335. The number of hydrogen-bond donors (Lipinski definition) is 0. The fraction of sp³-hybridized carbons (Fsp3) is 0.400. The maximum absolute atomic E-state index is 8.84. The Balaban J connectivity index is 2.71. The number of alkyl halides is 1. The summed E-state index contributed by atoms with van der Waals surface area (Å²) in [6.07, 6.45) is 4.30. The molecule has 0 aromatic carbocycles. The van der Waals surface area contributed by atoms with Crippen LogP contribution >= 0.6 is 23.4 Å². The van der Waals surface area contributed by atoms with Crippen LogP contribution in [0, 0.1) is 11.3 Å². The quantitative estimate of drug-likeness (QED) is 0.585. The summed E-state index contributed by atoms with van der Waals surface area (Å²) >= 11 is 7.29. The van der Waals surface area contributed by atoms with E-state index in [9.17, 15) is 0 Å². The molecule has 0 amide bonds. The van der Waals surface area contributed by atoms with Crippen molar-refractivity contribution in [3.05, 3.63) is 24.0 Å². The minimum absolute atomic E-state index is 0.420. The van der Waals surface area contributed by atoms with E-state index < -0.39 is 0 Å². The predicted molar refractivity (Wildman–Crippen MR) is 59.6 cm³/mol. The third-order valence-electron chi connectivity index (χ3n) is 1.75. The van der Waals surface area contributed by atoms with Crippen LogP contribution in [0.15, 0.2) is 23.4 Å². The van der Waals surface area contributed by atoms with Gasteiger partial charge in [-0.1, -0.05) is 6.92 Å². The Morgan fingerprint density at radius 2 is 2.50 bits per heavy atom. The molecule has 0 saturated heterocycles. The van der Waals surface area contributed by atoms with Gasteiger partial charge in [-0.15, -0.1) is 23.4 Å². The van der Waals surface area contributed by atoms with Gasteiger partial charge >= 0.3 is 0 Å². The average molecular weight is 227 g/mol. The zero-order valence-electron chi connectivity index (χ0n) is 7.90. The van der Waals surface area contributed by atoms with E-state index in [1.807, 2.05) is 0 Å². The Morgan fingerprint density at radius 1 is 1.71 bits per heavy atom. The summed E-state index contributed by atoms with van der Waals surface area (Å²) in [5.41, 5.74) is 0.687. The first-order valence-corrected chi connectivity index (χ1v) is 5.76. The Morgan fingerprint density at radius 3 is 3.14 bits per heavy atom. The lowest BCUT2D eigenvalue weighted by Gasteiger charge is -2.09. The van der Waals surface area contributed by atoms with Gasteiger partial charge in [0, 0.05) is 28.4 Å². The van der Waals surface area contributed by atoms with Crippen LogP contribution in [0.4, 0.5) is 0 Å². The molecule has 2 nitrogen and oxygen atoms in total. The van der Waals surface area contributed by atoms with Crippen LogP contribution < -0.4 is 0 Å². The molecule has 1 rings (SSSR count). The maximum Gasteiger partial charge on any atom is 0.100 e. The molecule has 0 N–H and O–H groups in total. The Labute approximate surface area is 93.3 Å². The van der Waals surface area contributed by atoms with E-state index in [-0.39, 0.29) is 0 Å². The second-order valence-electron chi connectivity index (χ2n) is 2.89. The maximum atomic E-state index is 8.84. The Kier molecular flexibility index (Phi) is 4.78. The highest BCUT2D eigenvalue weighted by molar-refractivity contribution is 8.00. The van der Waals surface area contributed by atoms with Gasteiger partial charge in [0.1, 0.15) is 6.07 Å². The summed E-state index contributed by atoms with van der Waals surface area (Å²) in [5.74, 6) is 0.649. The molecule has 0 spiro atoms. The molecule has 1 aromatic heterocycles. The third-order valence-corrected chi connectivity index (χ3v) is 3.18. The molecule has 1 unspecified atom stereocenters. The molecule has 0 aliphatic rings. The van der Waals surface area contributed by atoms with Gasteiger partial charge in [0.2, 0.25) is 0 Å². The van der Waals surface area contributed by atoms with Crippen LogP contribution in [0.2, 0.25) is 0 Å². The zero-order valence-corrected chi connectivity index (χ0v) is 9.48. The van der Waals surface area contributed by atoms with Crippen LogP contribution in [0.1, 0.15) is 18.9 Å². The number of hydrogen-bond acceptors (Lipinski definition) is 3. The summed E-state index contributed by atoms with van der Waals surface area (Å²) < 4.78 is 0. The normalized spacial score (nSPS) is 12.1. The van der Waals surface area contributed by atoms with Crippen molar-refractivity contribution < 1.29 is 0 Å². The van der Waals surface area contributed by atoms with E-state index in [0.29, 0.717) is 16.7 Å². The van der Waals surface area contributed by atoms with E-state index in [1.165, 1.54) is 0 Å². The van der Waals surface area contributed by atoms with Gasteiger partial charge < -0.3 is 0 Å². The van der Waals surface area contributed by atoms with E-state index >= 15 is 0 Å². The van der Waals surface area contributed by atoms with Crippen LogP contribution in [0.5, 0.6) is 0 Å². The largest absolute Gasteiger partial charge is 0.263 e. The fourth-order valence-electron chi connectivity index (χ4n) is 0.996. The molecule has 0 saturated carbocycles. The number of nitrogens with zero attached hydrogens (tertiary/aromatic N) is 2. The lowest BCUT2D eigenvalue weighted by Crippen LogP contribution is -1.97. The third kappa shape index (κ3) is 3.21.